The summed E-state index contributed by atoms with van der Waals surface area (Å²) in [6, 6.07) is 5.18. The third-order valence-electron chi connectivity index (χ3n) is 7.35. The van der Waals surface area contributed by atoms with E-state index in [0.717, 1.165) is 29.7 Å². The highest BCUT2D eigenvalue weighted by molar-refractivity contribution is 8.02. The lowest BCUT2D eigenvalue weighted by Crippen LogP contribution is -2.53. The van der Waals surface area contributed by atoms with Gasteiger partial charge in [0.05, 0.1) is 29.8 Å². The number of β-amino-alcohol motifs (C(OH)–C–C–N with tert-alkyl or cyclic N) is 1. The monoisotopic (exact) mass is 482 g/mol. The molecule has 4 aliphatic heterocycles. The molecule has 2 amide bonds. The average molecular weight is 483 g/mol. The highest BCUT2D eigenvalue weighted by Crippen LogP contribution is 2.60. The Balaban J connectivity index is 1.62. The molecule has 34 heavy (non-hydrogen) atoms. The number of likely N-dealkylation sites (tertiary alicyclic amines) is 1. The maximum atomic E-state index is 14.2. The van der Waals surface area contributed by atoms with Gasteiger partial charge in [0, 0.05) is 24.0 Å². The minimum absolute atomic E-state index is 0.0464. The van der Waals surface area contributed by atoms with Crippen molar-refractivity contribution in [2.75, 3.05) is 31.2 Å². The number of esters is 1. The number of carbonyl (C=O) groups excluding carboxylic acids is 3. The number of anilines is 1. The van der Waals surface area contributed by atoms with Crippen molar-refractivity contribution in [1.82, 2.24) is 4.90 Å². The van der Waals surface area contributed by atoms with E-state index in [-0.39, 0.29) is 36.2 Å². The van der Waals surface area contributed by atoms with Crippen molar-refractivity contribution in [2.24, 2.45) is 11.8 Å². The fraction of sp³-hybridized carbons (Fsp3) is 0.500. The Morgan fingerprint density at radius 1 is 1.18 bits per heavy atom. The number of nitrogens with zero attached hydrogens (tertiary/aromatic N) is 2. The Labute approximate surface area is 203 Å². The van der Waals surface area contributed by atoms with Crippen molar-refractivity contribution in [1.29, 1.82) is 0 Å². The molecule has 0 saturated carbocycles. The molecule has 5 atom stereocenters. The fourth-order valence-corrected chi connectivity index (χ4v) is 7.83. The maximum absolute atomic E-state index is 14.2. The summed E-state index contributed by atoms with van der Waals surface area (Å²) < 4.78 is 4.66. The number of fused-ring (bicyclic) bond motifs is 2. The van der Waals surface area contributed by atoms with Gasteiger partial charge in [0.1, 0.15) is 6.04 Å². The third kappa shape index (κ3) is 3.50. The van der Waals surface area contributed by atoms with E-state index in [2.05, 4.69) is 6.08 Å². The zero-order valence-corrected chi connectivity index (χ0v) is 20.3. The molecule has 1 unspecified atom stereocenters. The molecule has 0 bridgehead atoms. The van der Waals surface area contributed by atoms with Gasteiger partial charge in [0.25, 0.3) is 5.91 Å². The molecule has 180 valence electrons. The highest BCUT2D eigenvalue weighted by Gasteiger charge is 2.70. The first-order valence-electron chi connectivity index (χ1n) is 11.9. The highest BCUT2D eigenvalue weighted by atomic mass is 32.2. The summed E-state index contributed by atoms with van der Waals surface area (Å²) in [5.74, 6) is -2.19. The second-order valence-electron chi connectivity index (χ2n) is 9.48. The number of ether oxygens (including phenoxy) is 1. The lowest BCUT2D eigenvalue weighted by Gasteiger charge is -2.35. The lowest BCUT2D eigenvalue weighted by molar-refractivity contribution is -0.153. The number of aliphatic hydroxyl groups excluding tert-OH is 1. The zero-order chi connectivity index (χ0) is 24.0. The molecule has 0 aromatic heterocycles. The van der Waals surface area contributed by atoms with Crippen LogP contribution in [0.15, 0.2) is 42.5 Å². The lowest BCUT2D eigenvalue weighted by atomic mass is 9.78. The zero-order valence-electron chi connectivity index (χ0n) is 19.5. The Morgan fingerprint density at radius 3 is 2.79 bits per heavy atom. The van der Waals surface area contributed by atoms with Gasteiger partial charge in [-0.1, -0.05) is 36.4 Å². The fourth-order valence-electron chi connectivity index (χ4n) is 5.83. The van der Waals surface area contributed by atoms with Crippen LogP contribution in [0, 0.1) is 25.7 Å². The molecule has 4 aliphatic rings. The summed E-state index contributed by atoms with van der Waals surface area (Å²) in [7, 11) is 0. The van der Waals surface area contributed by atoms with E-state index in [9.17, 15) is 19.5 Å². The minimum Gasteiger partial charge on any atom is -0.465 e. The smallest absolute Gasteiger partial charge is 0.311 e. The van der Waals surface area contributed by atoms with Crippen LogP contribution >= 0.6 is 11.8 Å². The molecule has 7 nitrogen and oxygen atoms in total. The molecule has 1 N–H and O–H groups in total. The van der Waals surface area contributed by atoms with Crippen LogP contribution in [-0.2, 0) is 19.1 Å². The number of hydrogen-bond acceptors (Lipinski definition) is 6. The SMILES string of the molecule is Cc1ccc(C)c(N2CC=C[C@]34S[C@@H]5/C=C\CCCOC(=O)[C@@H]5[C@H]3C(=O)N(CCO)C4C2=O)c1. The van der Waals surface area contributed by atoms with Crippen LogP contribution in [0.3, 0.4) is 0 Å². The molecule has 0 aliphatic carbocycles. The van der Waals surface area contributed by atoms with E-state index < -0.39 is 22.6 Å². The summed E-state index contributed by atoms with van der Waals surface area (Å²) in [4.78, 5) is 44.4. The molecule has 0 radical (unpaired) electrons. The molecule has 2 saturated heterocycles. The number of rotatable bonds is 3. The number of allylic oxidation sites excluding steroid dienone is 1. The van der Waals surface area contributed by atoms with Gasteiger partial charge < -0.3 is 19.6 Å². The number of hydrogen-bond donors (Lipinski definition) is 1. The van der Waals surface area contributed by atoms with Crippen LogP contribution in [0.1, 0.15) is 24.0 Å². The van der Waals surface area contributed by atoms with Gasteiger partial charge in [0.2, 0.25) is 5.91 Å². The number of cyclic esters (lactones) is 1. The Bertz CT molecular complexity index is 1080. The predicted octanol–water partition coefficient (Wildman–Crippen LogP) is 2.39. The maximum Gasteiger partial charge on any atom is 0.311 e. The summed E-state index contributed by atoms with van der Waals surface area (Å²) >= 11 is 1.52. The van der Waals surface area contributed by atoms with Gasteiger partial charge in [0.15, 0.2) is 0 Å². The van der Waals surface area contributed by atoms with Crippen LogP contribution in [0.25, 0.3) is 0 Å². The minimum atomic E-state index is -0.895. The van der Waals surface area contributed by atoms with Crippen LogP contribution < -0.4 is 4.90 Å². The van der Waals surface area contributed by atoms with Crippen LogP contribution in [-0.4, -0.2) is 70.1 Å². The summed E-state index contributed by atoms with van der Waals surface area (Å²) in [5, 5.41) is 9.53. The van der Waals surface area contributed by atoms with Crippen LogP contribution in [0.5, 0.6) is 0 Å². The van der Waals surface area contributed by atoms with Gasteiger partial charge in [-0.2, -0.15) is 0 Å². The Kier molecular flexibility index (Phi) is 6.06. The second-order valence-corrected chi connectivity index (χ2v) is 11.0. The third-order valence-corrected chi connectivity index (χ3v) is 9.09. The van der Waals surface area contributed by atoms with Crippen molar-refractivity contribution < 1.29 is 24.2 Å². The van der Waals surface area contributed by atoms with Gasteiger partial charge in [-0.15, -0.1) is 11.8 Å². The number of benzene rings is 1. The van der Waals surface area contributed by atoms with E-state index in [1.807, 2.05) is 50.3 Å². The first kappa shape index (κ1) is 23.2. The topological polar surface area (TPSA) is 87.2 Å². The average Bonchev–Trinajstić information content (AvgIpc) is 3.21. The summed E-state index contributed by atoms with van der Waals surface area (Å²) in [6.45, 7) is 4.45. The summed E-state index contributed by atoms with van der Waals surface area (Å²) in [5.41, 5.74) is 2.83. The molecule has 4 heterocycles. The standard InChI is InChI=1S/C26H30N2O5S/c1-16-8-9-17(2)18(15-16)27-11-6-10-26-21(23(30)28(12-13-29)22(26)24(27)31)20-19(34-26)7-4-3-5-14-33-25(20)32/h4,6-10,15,19-22,29H,3,5,11-14H2,1-2H3/b7-4-/t19-,20+,21+,22?,26+/m1/s1. The summed E-state index contributed by atoms with van der Waals surface area (Å²) in [6.07, 6.45) is 9.55. The van der Waals surface area contributed by atoms with E-state index in [0.29, 0.717) is 13.2 Å². The number of aliphatic hydroxyl groups is 1. The van der Waals surface area contributed by atoms with E-state index in [1.165, 1.54) is 16.7 Å². The molecule has 8 heteroatoms. The molecule has 2 fully saturated rings. The van der Waals surface area contributed by atoms with Crippen LogP contribution in [0.2, 0.25) is 0 Å². The van der Waals surface area contributed by atoms with Gasteiger partial charge >= 0.3 is 5.97 Å². The number of amides is 2. The molecule has 5 rings (SSSR count). The molecular weight excluding hydrogens is 452 g/mol. The van der Waals surface area contributed by atoms with Gasteiger partial charge in [-0.05, 0) is 43.9 Å². The number of aryl methyl sites for hydroxylation is 2. The predicted molar refractivity (Wildman–Crippen MR) is 130 cm³/mol. The van der Waals surface area contributed by atoms with Crippen molar-refractivity contribution in [2.45, 2.75) is 42.7 Å². The van der Waals surface area contributed by atoms with Crippen molar-refractivity contribution in [3.63, 3.8) is 0 Å². The number of thioether (sulfide) groups is 1. The van der Waals surface area contributed by atoms with E-state index in [4.69, 9.17) is 4.74 Å². The molecule has 1 aromatic rings. The Morgan fingerprint density at radius 2 is 2.00 bits per heavy atom. The van der Waals surface area contributed by atoms with Gasteiger partial charge in [-0.3, -0.25) is 14.4 Å². The second kappa shape index (κ2) is 8.89. The van der Waals surface area contributed by atoms with Crippen LogP contribution in [0.4, 0.5) is 5.69 Å². The van der Waals surface area contributed by atoms with Crippen molar-refractivity contribution >= 4 is 35.2 Å². The first-order valence-corrected chi connectivity index (χ1v) is 12.8. The molecule has 1 spiro atoms. The first-order chi connectivity index (χ1) is 16.4. The van der Waals surface area contributed by atoms with Crippen molar-refractivity contribution in [3.05, 3.63) is 53.6 Å². The van der Waals surface area contributed by atoms with E-state index >= 15 is 0 Å². The quantitative estimate of drug-likeness (QED) is 0.526. The van der Waals surface area contributed by atoms with Crippen molar-refractivity contribution in [3.8, 4) is 0 Å². The largest absolute Gasteiger partial charge is 0.465 e. The van der Waals surface area contributed by atoms with E-state index in [1.54, 1.807) is 4.90 Å². The normalized spacial score (nSPS) is 33.9. The molecule has 1 aromatic carbocycles. The molecular formula is C26H30N2O5S. The number of carbonyl (C=O) groups is 3. The Hall–Kier alpha value is -2.58. The van der Waals surface area contributed by atoms with Gasteiger partial charge in [-0.25, -0.2) is 0 Å².